The fourth-order valence-corrected chi connectivity index (χ4v) is 5.30. The van der Waals surface area contributed by atoms with Gasteiger partial charge >= 0.3 is 12.1 Å². The number of carboxylic acids is 1. The van der Waals surface area contributed by atoms with E-state index in [0.717, 1.165) is 43.2 Å². The van der Waals surface area contributed by atoms with Gasteiger partial charge < -0.3 is 9.84 Å². The van der Waals surface area contributed by atoms with E-state index in [1.807, 2.05) is 24.3 Å². The predicted molar refractivity (Wildman–Crippen MR) is 118 cm³/mol. The lowest BCUT2D eigenvalue weighted by Gasteiger charge is -2.41. The van der Waals surface area contributed by atoms with E-state index >= 15 is 0 Å². The molecule has 5 nitrogen and oxygen atoms in total. The van der Waals surface area contributed by atoms with Crippen molar-refractivity contribution >= 4 is 12.1 Å². The number of carbonyl (C=O) groups excluding carboxylic acids is 1. The summed E-state index contributed by atoms with van der Waals surface area (Å²) in [5, 5.41) is 10.1. The lowest BCUT2D eigenvalue weighted by atomic mass is 9.76. The van der Waals surface area contributed by atoms with Gasteiger partial charge in [-0.2, -0.15) is 0 Å². The second kappa shape index (κ2) is 7.70. The Morgan fingerprint density at radius 3 is 2.06 bits per heavy atom. The van der Waals surface area contributed by atoms with Crippen LogP contribution in [0.15, 0.2) is 48.5 Å². The van der Waals surface area contributed by atoms with Gasteiger partial charge in [-0.05, 0) is 54.4 Å². The highest BCUT2D eigenvalue weighted by Gasteiger charge is 2.51. The van der Waals surface area contributed by atoms with Crippen LogP contribution in [0.2, 0.25) is 0 Å². The minimum absolute atomic E-state index is 0.0277. The number of hydrogen-bond donors (Lipinski definition) is 1. The van der Waals surface area contributed by atoms with Gasteiger partial charge in [0.1, 0.15) is 12.1 Å². The summed E-state index contributed by atoms with van der Waals surface area (Å²) in [5.41, 5.74) is 3.46. The molecule has 2 aromatic rings. The Labute approximate surface area is 183 Å². The summed E-state index contributed by atoms with van der Waals surface area (Å²) in [4.78, 5) is 27.1. The van der Waals surface area contributed by atoms with Crippen molar-refractivity contribution in [3.63, 3.8) is 0 Å². The maximum Gasteiger partial charge on any atom is 0.411 e. The monoisotopic (exact) mass is 419 g/mol. The molecule has 31 heavy (non-hydrogen) atoms. The van der Waals surface area contributed by atoms with Gasteiger partial charge in [0.25, 0.3) is 0 Å². The van der Waals surface area contributed by atoms with E-state index in [2.05, 4.69) is 24.3 Å². The largest absolute Gasteiger partial charge is 0.480 e. The average molecular weight is 420 g/mol. The van der Waals surface area contributed by atoms with Crippen LogP contribution in [0, 0.1) is 5.92 Å². The molecule has 1 N–H and O–H groups in total. The molecule has 1 atom stereocenters. The number of nitrogens with zero attached hydrogens (tertiary/aromatic N) is 1. The van der Waals surface area contributed by atoms with E-state index in [-0.39, 0.29) is 18.6 Å². The summed E-state index contributed by atoms with van der Waals surface area (Å²) in [6.07, 6.45) is 4.94. The molecule has 162 valence electrons. The van der Waals surface area contributed by atoms with Crippen molar-refractivity contribution < 1.29 is 19.4 Å². The highest BCUT2D eigenvalue weighted by molar-refractivity contribution is 5.85. The molecule has 0 aromatic heterocycles. The number of ether oxygens (including phenoxy) is 1. The summed E-state index contributed by atoms with van der Waals surface area (Å²) in [6, 6.07) is 16.4. The van der Waals surface area contributed by atoms with Gasteiger partial charge in [0.2, 0.25) is 0 Å². The number of hydrogen-bond acceptors (Lipinski definition) is 3. The second-order valence-electron chi connectivity index (χ2n) is 9.49. The van der Waals surface area contributed by atoms with Crippen LogP contribution >= 0.6 is 0 Å². The Kier molecular flexibility index (Phi) is 4.99. The molecule has 1 amide bonds. The van der Waals surface area contributed by atoms with Gasteiger partial charge in [0, 0.05) is 12.0 Å². The zero-order chi connectivity index (χ0) is 21.6. The summed E-state index contributed by atoms with van der Waals surface area (Å²) in [5.74, 6) is -0.580. The molecule has 0 radical (unpaired) electrons. The average Bonchev–Trinajstić information content (AvgIpc) is 3.51. The van der Waals surface area contributed by atoms with E-state index in [1.54, 1.807) is 11.8 Å². The van der Waals surface area contributed by atoms with Gasteiger partial charge in [0.05, 0.1) is 0 Å². The van der Waals surface area contributed by atoms with Crippen molar-refractivity contribution in [1.29, 1.82) is 0 Å². The number of carboxylic acid groups (broad SMARTS) is 1. The summed E-state index contributed by atoms with van der Waals surface area (Å²) in [7, 11) is 0. The highest BCUT2D eigenvalue weighted by Crippen LogP contribution is 2.45. The molecule has 1 unspecified atom stereocenters. The summed E-state index contributed by atoms with van der Waals surface area (Å²) < 4.78 is 5.86. The van der Waals surface area contributed by atoms with Gasteiger partial charge in [-0.3, -0.25) is 4.90 Å². The first-order valence-corrected chi connectivity index (χ1v) is 11.4. The molecule has 5 rings (SSSR count). The van der Waals surface area contributed by atoms with Crippen LogP contribution in [0.1, 0.15) is 62.5 Å². The van der Waals surface area contributed by atoms with Gasteiger partial charge in [-0.15, -0.1) is 0 Å². The molecule has 0 heterocycles. The molecule has 2 saturated carbocycles. The van der Waals surface area contributed by atoms with Crippen LogP contribution in [0.25, 0.3) is 11.1 Å². The molecule has 3 aliphatic rings. The molecule has 5 heteroatoms. The predicted octanol–water partition coefficient (Wildman–Crippen LogP) is 5.43. The number of carbonyl (C=O) groups is 2. The zero-order valence-electron chi connectivity index (χ0n) is 17.9. The summed E-state index contributed by atoms with van der Waals surface area (Å²) in [6.45, 7) is 1.92. The van der Waals surface area contributed by atoms with Crippen molar-refractivity contribution in [2.75, 3.05) is 6.61 Å². The second-order valence-corrected chi connectivity index (χ2v) is 9.49. The number of amides is 1. The summed E-state index contributed by atoms with van der Waals surface area (Å²) >= 11 is 0. The fraction of sp³-hybridized carbons (Fsp3) is 0.462. The smallest absolute Gasteiger partial charge is 0.411 e. The highest BCUT2D eigenvalue weighted by atomic mass is 16.6. The molecule has 2 fully saturated rings. The van der Waals surface area contributed by atoms with Crippen LogP contribution < -0.4 is 0 Å². The molecule has 0 saturated heterocycles. The molecular formula is C26H29NO4. The lowest BCUT2D eigenvalue weighted by molar-refractivity contribution is -0.151. The minimum atomic E-state index is -1.21. The van der Waals surface area contributed by atoms with Gasteiger partial charge in [-0.1, -0.05) is 67.8 Å². The topological polar surface area (TPSA) is 66.8 Å². The Bertz CT molecular complexity index is 964. The SMILES string of the molecule is CC(CC1CCC1)(C(=O)O)N(C(=O)OCC1c2ccccc2-c2ccccc21)C1CC1. The number of rotatable bonds is 7. The fourth-order valence-electron chi connectivity index (χ4n) is 5.30. The first-order chi connectivity index (χ1) is 15.0. The molecule has 0 aliphatic heterocycles. The number of fused-ring (bicyclic) bond motifs is 3. The maximum atomic E-state index is 13.3. The number of benzene rings is 2. The molecular weight excluding hydrogens is 390 g/mol. The van der Waals surface area contributed by atoms with Crippen LogP contribution in [-0.4, -0.2) is 40.3 Å². The van der Waals surface area contributed by atoms with Crippen molar-refractivity contribution in [1.82, 2.24) is 4.90 Å². The van der Waals surface area contributed by atoms with Gasteiger partial charge in [0.15, 0.2) is 0 Å². The quantitative estimate of drug-likeness (QED) is 0.649. The molecule has 2 aromatic carbocycles. The van der Waals surface area contributed by atoms with Crippen LogP contribution in [-0.2, 0) is 9.53 Å². The van der Waals surface area contributed by atoms with Crippen molar-refractivity contribution in [3.8, 4) is 11.1 Å². The first-order valence-electron chi connectivity index (χ1n) is 11.4. The van der Waals surface area contributed by atoms with E-state index in [1.165, 1.54) is 11.1 Å². The van der Waals surface area contributed by atoms with Crippen molar-refractivity contribution in [2.24, 2.45) is 5.92 Å². The first kappa shape index (κ1) is 20.1. The number of aliphatic carboxylic acids is 1. The van der Waals surface area contributed by atoms with Crippen LogP contribution in [0.3, 0.4) is 0 Å². The standard InChI is InChI=1S/C26H29NO4/c1-26(24(28)29,15-17-7-6-8-17)27(18-13-14-18)25(30)31-16-23-21-11-4-2-9-19(21)20-10-3-5-12-22(20)23/h2-5,9-12,17-18,23H,6-8,13-16H2,1H3,(H,28,29). The minimum Gasteiger partial charge on any atom is -0.480 e. The third-order valence-electron chi connectivity index (χ3n) is 7.35. The molecule has 0 spiro atoms. The van der Waals surface area contributed by atoms with Crippen molar-refractivity contribution in [3.05, 3.63) is 59.7 Å². The third-order valence-corrected chi connectivity index (χ3v) is 7.35. The Balaban J connectivity index is 1.37. The Morgan fingerprint density at radius 2 is 1.58 bits per heavy atom. The van der Waals surface area contributed by atoms with Gasteiger partial charge in [-0.25, -0.2) is 9.59 Å². The normalized spacial score (nSPS) is 19.6. The maximum absolute atomic E-state index is 13.3. The van der Waals surface area contributed by atoms with E-state index in [4.69, 9.17) is 4.74 Å². The Hall–Kier alpha value is -2.82. The van der Waals surface area contributed by atoms with E-state index in [9.17, 15) is 14.7 Å². The van der Waals surface area contributed by atoms with Crippen molar-refractivity contribution in [2.45, 2.75) is 62.9 Å². The molecule has 3 aliphatic carbocycles. The van der Waals surface area contributed by atoms with E-state index < -0.39 is 17.6 Å². The lowest BCUT2D eigenvalue weighted by Crippen LogP contribution is -2.57. The molecule has 0 bridgehead atoms. The van der Waals surface area contributed by atoms with Crippen LogP contribution in [0.4, 0.5) is 4.79 Å². The van der Waals surface area contributed by atoms with E-state index in [0.29, 0.717) is 12.3 Å². The Morgan fingerprint density at radius 1 is 1.00 bits per heavy atom. The zero-order valence-corrected chi connectivity index (χ0v) is 17.9. The third kappa shape index (κ3) is 3.50. The van der Waals surface area contributed by atoms with Crippen LogP contribution in [0.5, 0.6) is 0 Å².